The van der Waals surface area contributed by atoms with Crippen molar-refractivity contribution in [3.05, 3.63) is 122 Å². The third-order valence-electron chi connectivity index (χ3n) is 11.5. The van der Waals surface area contributed by atoms with Gasteiger partial charge in [-0.25, -0.2) is 0 Å². The maximum Gasteiger partial charge on any atom is 0.306 e. The molecule has 0 saturated carbocycles. The van der Waals surface area contributed by atoms with Gasteiger partial charge in [-0.05, 0) is 109 Å². The standard InChI is InChI=1S/C63H102O6/c1-4-7-10-13-15-17-19-21-23-25-27-28-29-30-31-32-33-34-36-37-39-41-43-45-47-50-53-56-62(65)68-59-60(58-67-61(64)55-52-49-12-9-6-3)69-63(66)57-54-51-48-46-44-42-40-38-35-26-24-22-20-18-16-14-11-8-5-2/h7-8,10-11,15-18,21-24,27-28,30-31,35,38,42,44,60H,4-6,9,12-14,19-20,25-26,29,32-34,36-37,39-41,43,45-59H2,1-3H3/b10-7-,11-8-,17-15-,18-16-,23-21-,24-22-,28-27-,31-30-,38-35-,44-42-. The molecular formula is C63H102O6. The van der Waals surface area contributed by atoms with Gasteiger partial charge in [-0.3, -0.25) is 14.4 Å². The molecule has 0 heterocycles. The summed E-state index contributed by atoms with van der Waals surface area (Å²) in [7, 11) is 0. The average Bonchev–Trinajstić information content (AvgIpc) is 3.35. The summed E-state index contributed by atoms with van der Waals surface area (Å²) in [5, 5.41) is 0. The van der Waals surface area contributed by atoms with Crippen LogP contribution in [-0.4, -0.2) is 37.2 Å². The molecule has 0 saturated heterocycles. The number of esters is 3. The molecule has 1 atom stereocenters. The number of rotatable bonds is 49. The Balaban J connectivity index is 4.16. The van der Waals surface area contributed by atoms with Gasteiger partial charge in [0.1, 0.15) is 13.2 Å². The SMILES string of the molecule is CC/C=C\C/C=C\C/C=C\C/C=C\C/C=C\CCCCCCCCCCCCCC(=O)OCC(COC(=O)CCCCCCC)OC(=O)CCCCC/C=C\C/C=C\C/C=C\C/C=C\C/C=C\CC. The minimum atomic E-state index is -0.796. The van der Waals surface area contributed by atoms with Crippen molar-refractivity contribution in [2.24, 2.45) is 0 Å². The molecule has 0 bridgehead atoms. The number of hydrogen-bond acceptors (Lipinski definition) is 6. The first-order chi connectivity index (χ1) is 34.0. The van der Waals surface area contributed by atoms with Gasteiger partial charge < -0.3 is 14.2 Å². The molecule has 0 aliphatic rings. The van der Waals surface area contributed by atoms with Crippen LogP contribution in [0.25, 0.3) is 0 Å². The second-order valence-electron chi connectivity index (χ2n) is 18.1. The molecule has 0 amide bonds. The minimum Gasteiger partial charge on any atom is -0.462 e. The van der Waals surface area contributed by atoms with Crippen molar-refractivity contribution >= 4 is 17.9 Å². The van der Waals surface area contributed by atoms with Gasteiger partial charge in [0.25, 0.3) is 0 Å². The lowest BCUT2D eigenvalue weighted by Gasteiger charge is -2.18. The van der Waals surface area contributed by atoms with E-state index in [4.69, 9.17) is 14.2 Å². The summed E-state index contributed by atoms with van der Waals surface area (Å²) in [5.74, 6) is -0.949. The quantitative estimate of drug-likeness (QED) is 0.0262. The van der Waals surface area contributed by atoms with Crippen molar-refractivity contribution in [2.45, 2.75) is 245 Å². The first-order valence-electron chi connectivity index (χ1n) is 28.0. The van der Waals surface area contributed by atoms with E-state index in [2.05, 4.69) is 142 Å². The highest BCUT2D eigenvalue weighted by Crippen LogP contribution is 2.14. The van der Waals surface area contributed by atoms with E-state index in [1.807, 2.05) is 0 Å². The Bertz CT molecular complexity index is 1470. The fourth-order valence-corrected chi connectivity index (χ4v) is 7.32. The Morgan fingerprint density at radius 2 is 0.565 bits per heavy atom. The fourth-order valence-electron chi connectivity index (χ4n) is 7.32. The second kappa shape index (κ2) is 56.4. The molecular weight excluding hydrogens is 853 g/mol. The number of carbonyl (C=O) groups is 3. The summed E-state index contributed by atoms with van der Waals surface area (Å²) in [6, 6.07) is 0. The first-order valence-corrected chi connectivity index (χ1v) is 28.0. The maximum atomic E-state index is 12.8. The van der Waals surface area contributed by atoms with Gasteiger partial charge in [0.2, 0.25) is 0 Å². The highest BCUT2D eigenvalue weighted by atomic mass is 16.6. The average molecular weight is 956 g/mol. The highest BCUT2D eigenvalue weighted by Gasteiger charge is 2.19. The zero-order valence-corrected chi connectivity index (χ0v) is 44.5. The molecule has 0 N–H and O–H groups in total. The van der Waals surface area contributed by atoms with Crippen LogP contribution in [0.3, 0.4) is 0 Å². The van der Waals surface area contributed by atoms with Crippen molar-refractivity contribution < 1.29 is 28.6 Å². The number of hydrogen-bond donors (Lipinski definition) is 0. The summed E-state index contributed by atoms with van der Waals surface area (Å²) in [6.07, 6.45) is 78.0. The topological polar surface area (TPSA) is 78.9 Å². The monoisotopic (exact) mass is 955 g/mol. The van der Waals surface area contributed by atoms with Crippen molar-refractivity contribution in [1.29, 1.82) is 0 Å². The van der Waals surface area contributed by atoms with Gasteiger partial charge in [0.05, 0.1) is 0 Å². The van der Waals surface area contributed by atoms with Gasteiger partial charge in [-0.15, -0.1) is 0 Å². The van der Waals surface area contributed by atoms with Crippen LogP contribution < -0.4 is 0 Å². The van der Waals surface area contributed by atoms with Gasteiger partial charge in [0, 0.05) is 19.3 Å². The Hall–Kier alpha value is -4.19. The van der Waals surface area contributed by atoms with E-state index in [0.717, 1.165) is 141 Å². The Morgan fingerprint density at radius 3 is 0.899 bits per heavy atom. The summed E-state index contributed by atoms with van der Waals surface area (Å²) in [4.78, 5) is 37.8. The summed E-state index contributed by atoms with van der Waals surface area (Å²) < 4.78 is 16.7. The van der Waals surface area contributed by atoms with Crippen molar-refractivity contribution in [3.63, 3.8) is 0 Å². The lowest BCUT2D eigenvalue weighted by molar-refractivity contribution is -0.167. The van der Waals surface area contributed by atoms with Crippen LogP contribution in [0.4, 0.5) is 0 Å². The van der Waals surface area contributed by atoms with Crippen LogP contribution in [0.15, 0.2) is 122 Å². The summed E-state index contributed by atoms with van der Waals surface area (Å²) in [5.41, 5.74) is 0. The van der Waals surface area contributed by atoms with Gasteiger partial charge >= 0.3 is 17.9 Å². The van der Waals surface area contributed by atoms with E-state index < -0.39 is 6.10 Å². The molecule has 0 aliphatic carbocycles. The number of carbonyl (C=O) groups excluding carboxylic acids is 3. The van der Waals surface area contributed by atoms with E-state index in [9.17, 15) is 14.4 Å². The molecule has 0 spiro atoms. The molecule has 0 fully saturated rings. The van der Waals surface area contributed by atoms with Gasteiger partial charge in [-0.2, -0.15) is 0 Å². The molecule has 69 heavy (non-hydrogen) atoms. The minimum absolute atomic E-state index is 0.0952. The predicted molar refractivity (Wildman–Crippen MR) is 297 cm³/mol. The summed E-state index contributed by atoms with van der Waals surface area (Å²) in [6.45, 7) is 6.29. The maximum absolute atomic E-state index is 12.8. The molecule has 0 aromatic carbocycles. The van der Waals surface area contributed by atoms with Crippen LogP contribution in [0, 0.1) is 0 Å². The second-order valence-corrected chi connectivity index (χ2v) is 18.1. The molecule has 1 unspecified atom stereocenters. The number of unbranched alkanes of at least 4 members (excludes halogenated alkanes) is 18. The van der Waals surface area contributed by atoms with Crippen LogP contribution in [0.1, 0.15) is 239 Å². The lowest BCUT2D eigenvalue weighted by Crippen LogP contribution is -2.30. The molecule has 0 radical (unpaired) electrons. The molecule has 0 aliphatic heterocycles. The van der Waals surface area contributed by atoms with Crippen LogP contribution in [0.2, 0.25) is 0 Å². The summed E-state index contributed by atoms with van der Waals surface area (Å²) >= 11 is 0. The number of allylic oxidation sites excluding steroid dienone is 20. The molecule has 6 nitrogen and oxygen atoms in total. The normalized spacial score (nSPS) is 13.0. The van der Waals surface area contributed by atoms with Gasteiger partial charge in [-0.1, -0.05) is 232 Å². The third kappa shape index (κ3) is 54.6. The fraction of sp³-hybridized carbons (Fsp3) is 0.635. The van der Waals surface area contributed by atoms with Crippen molar-refractivity contribution in [1.82, 2.24) is 0 Å². The van der Waals surface area contributed by atoms with Gasteiger partial charge in [0.15, 0.2) is 6.10 Å². The Kier molecular flexibility index (Phi) is 53.0. The molecule has 390 valence electrons. The molecule has 0 aromatic rings. The van der Waals surface area contributed by atoms with Crippen LogP contribution in [0.5, 0.6) is 0 Å². The highest BCUT2D eigenvalue weighted by molar-refractivity contribution is 5.71. The van der Waals surface area contributed by atoms with Crippen LogP contribution in [-0.2, 0) is 28.6 Å². The predicted octanol–water partition coefficient (Wildman–Crippen LogP) is 18.9. The number of ether oxygens (including phenoxy) is 3. The zero-order chi connectivity index (χ0) is 50.0. The zero-order valence-electron chi connectivity index (χ0n) is 44.5. The Labute approximate surface area is 424 Å². The van der Waals surface area contributed by atoms with Crippen molar-refractivity contribution in [2.75, 3.05) is 13.2 Å². The molecule has 0 rings (SSSR count). The van der Waals surface area contributed by atoms with Crippen LogP contribution >= 0.6 is 0 Å². The third-order valence-corrected chi connectivity index (χ3v) is 11.5. The van der Waals surface area contributed by atoms with E-state index in [1.165, 1.54) is 57.8 Å². The largest absolute Gasteiger partial charge is 0.462 e. The van der Waals surface area contributed by atoms with E-state index in [-0.39, 0.29) is 37.5 Å². The van der Waals surface area contributed by atoms with E-state index in [1.54, 1.807) is 0 Å². The Morgan fingerprint density at radius 1 is 0.304 bits per heavy atom. The molecule has 6 heteroatoms. The smallest absolute Gasteiger partial charge is 0.306 e. The lowest BCUT2D eigenvalue weighted by atomic mass is 10.0. The van der Waals surface area contributed by atoms with Crippen molar-refractivity contribution in [3.8, 4) is 0 Å². The van der Waals surface area contributed by atoms with E-state index in [0.29, 0.717) is 12.8 Å². The molecule has 0 aromatic heterocycles. The first kappa shape index (κ1) is 64.8. The van der Waals surface area contributed by atoms with E-state index >= 15 is 0 Å².